The smallest absolute Gasteiger partial charge is 0.288 e. The highest BCUT2D eigenvalue weighted by atomic mass is 32.2. The molecule has 0 unspecified atom stereocenters. The molecule has 0 radical (unpaired) electrons. The van der Waals surface area contributed by atoms with E-state index in [0.29, 0.717) is 23.2 Å². The number of amides is 2. The second-order valence-corrected chi connectivity index (χ2v) is 6.28. The molecule has 0 heterocycles. The van der Waals surface area contributed by atoms with Gasteiger partial charge >= 0.3 is 0 Å². The Labute approximate surface area is 130 Å². The van der Waals surface area contributed by atoms with E-state index in [-0.39, 0.29) is 17.4 Å². The number of carbonyl (C=O) groups is 2. The fourth-order valence-electron chi connectivity index (χ4n) is 1.49. The average Bonchev–Trinajstić information content (AvgIpc) is 2.39. The molecule has 8 heteroatoms. The standard InChI is InChI=1S/C13H16F2N2O2S2/c1-17(12(19)8-20-7-11(16)18)6-9-2-4-10(5-3-9)21-13(14)15/h2-5,13H,6-8H2,1H3,(H2,16,18). The predicted molar refractivity (Wildman–Crippen MR) is 81.3 cm³/mol. The molecule has 0 aliphatic rings. The molecule has 0 aromatic heterocycles. The van der Waals surface area contributed by atoms with Crippen LogP contribution in [-0.2, 0) is 16.1 Å². The van der Waals surface area contributed by atoms with E-state index in [0.717, 1.165) is 5.56 Å². The third-order valence-electron chi connectivity index (χ3n) is 2.46. The number of rotatable bonds is 8. The minimum Gasteiger partial charge on any atom is -0.369 e. The van der Waals surface area contributed by atoms with Gasteiger partial charge in [-0.05, 0) is 17.7 Å². The lowest BCUT2D eigenvalue weighted by atomic mass is 10.2. The van der Waals surface area contributed by atoms with Crippen molar-refractivity contribution in [3.63, 3.8) is 0 Å². The van der Waals surface area contributed by atoms with Crippen LogP contribution in [0.4, 0.5) is 8.78 Å². The zero-order valence-corrected chi connectivity index (χ0v) is 13.1. The number of hydrogen-bond acceptors (Lipinski definition) is 4. The summed E-state index contributed by atoms with van der Waals surface area (Å²) in [5, 5.41) is 0. The van der Waals surface area contributed by atoms with Crippen molar-refractivity contribution >= 4 is 35.3 Å². The second-order valence-electron chi connectivity index (χ2n) is 4.23. The normalized spacial score (nSPS) is 10.7. The monoisotopic (exact) mass is 334 g/mol. The highest BCUT2D eigenvalue weighted by molar-refractivity contribution is 8.00. The Morgan fingerprint density at radius 2 is 1.86 bits per heavy atom. The van der Waals surface area contributed by atoms with Crippen LogP contribution in [0.1, 0.15) is 5.56 Å². The van der Waals surface area contributed by atoms with E-state index in [2.05, 4.69) is 0 Å². The van der Waals surface area contributed by atoms with E-state index >= 15 is 0 Å². The highest BCUT2D eigenvalue weighted by Gasteiger charge is 2.10. The van der Waals surface area contributed by atoms with Gasteiger partial charge in [0.05, 0.1) is 11.5 Å². The highest BCUT2D eigenvalue weighted by Crippen LogP contribution is 2.25. The first-order valence-electron chi connectivity index (χ1n) is 6.02. The Morgan fingerprint density at radius 3 is 2.38 bits per heavy atom. The van der Waals surface area contributed by atoms with Crippen molar-refractivity contribution < 1.29 is 18.4 Å². The molecule has 0 bridgehead atoms. The third kappa shape index (κ3) is 7.33. The molecule has 2 amide bonds. The van der Waals surface area contributed by atoms with Gasteiger partial charge in [0.15, 0.2) is 0 Å². The Kier molecular flexibility index (Phi) is 7.52. The Morgan fingerprint density at radius 1 is 1.24 bits per heavy atom. The molecule has 0 aliphatic carbocycles. The number of halogens is 2. The SMILES string of the molecule is CN(Cc1ccc(SC(F)F)cc1)C(=O)CSCC(N)=O. The number of primary amides is 1. The molecular formula is C13H16F2N2O2S2. The molecule has 0 spiro atoms. The molecule has 2 N–H and O–H groups in total. The number of carbonyl (C=O) groups excluding carboxylic acids is 2. The van der Waals surface area contributed by atoms with Gasteiger partial charge in [0.1, 0.15) is 0 Å². The van der Waals surface area contributed by atoms with Gasteiger partial charge in [0, 0.05) is 18.5 Å². The maximum absolute atomic E-state index is 12.2. The van der Waals surface area contributed by atoms with Gasteiger partial charge in [0.2, 0.25) is 11.8 Å². The number of hydrogen-bond donors (Lipinski definition) is 1. The summed E-state index contributed by atoms with van der Waals surface area (Å²) in [6.45, 7) is 0.385. The average molecular weight is 334 g/mol. The van der Waals surface area contributed by atoms with Crippen LogP contribution in [0.3, 0.4) is 0 Å². The van der Waals surface area contributed by atoms with Crippen molar-refractivity contribution in [2.24, 2.45) is 5.73 Å². The first-order chi connectivity index (χ1) is 9.88. The van der Waals surface area contributed by atoms with E-state index in [1.807, 2.05) is 0 Å². The summed E-state index contributed by atoms with van der Waals surface area (Å²) in [6, 6.07) is 6.63. The summed E-state index contributed by atoms with van der Waals surface area (Å²) < 4.78 is 24.4. The van der Waals surface area contributed by atoms with Crippen molar-refractivity contribution in [1.82, 2.24) is 4.90 Å². The molecule has 116 valence electrons. The zero-order chi connectivity index (χ0) is 15.8. The van der Waals surface area contributed by atoms with Crippen molar-refractivity contribution in [2.45, 2.75) is 17.2 Å². The minimum absolute atomic E-state index is 0.110. The summed E-state index contributed by atoms with van der Waals surface area (Å²) in [5.74, 6) is -2.73. The van der Waals surface area contributed by atoms with Crippen LogP contribution in [0.25, 0.3) is 0 Å². The van der Waals surface area contributed by atoms with Crippen LogP contribution in [0.5, 0.6) is 0 Å². The van der Waals surface area contributed by atoms with Crippen molar-refractivity contribution in [3.8, 4) is 0 Å². The summed E-state index contributed by atoms with van der Waals surface area (Å²) >= 11 is 1.65. The van der Waals surface area contributed by atoms with Crippen LogP contribution in [-0.4, -0.2) is 41.0 Å². The van der Waals surface area contributed by atoms with Crippen molar-refractivity contribution in [1.29, 1.82) is 0 Å². The topological polar surface area (TPSA) is 63.4 Å². The van der Waals surface area contributed by atoms with E-state index in [1.165, 1.54) is 16.7 Å². The molecular weight excluding hydrogens is 318 g/mol. The fraction of sp³-hybridized carbons (Fsp3) is 0.385. The fourth-order valence-corrected chi connectivity index (χ4v) is 2.68. The molecule has 4 nitrogen and oxygen atoms in total. The van der Waals surface area contributed by atoms with Gasteiger partial charge in [0.25, 0.3) is 5.76 Å². The Hall–Kier alpha value is -1.28. The number of nitrogens with two attached hydrogens (primary N) is 1. The number of alkyl halides is 2. The molecule has 0 saturated carbocycles. The summed E-state index contributed by atoms with van der Waals surface area (Å²) in [7, 11) is 1.65. The molecule has 0 aliphatic heterocycles. The summed E-state index contributed by atoms with van der Waals surface area (Å²) in [5.41, 5.74) is 5.84. The quantitative estimate of drug-likeness (QED) is 0.740. The van der Waals surface area contributed by atoms with Crippen molar-refractivity contribution in [2.75, 3.05) is 18.6 Å². The number of nitrogens with zero attached hydrogens (tertiary/aromatic N) is 1. The minimum atomic E-state index is -2.44. The number of benzene rings is 1. The van der Waals surface area contributed by atoms with E-state index in [4.69, 9.17) is 5.73 Å². The maximum Gasteiger partial charge on any atom is 0.288 e. The van der Waals surface area contributed by atoms with Gasteiger partial charge in [-0.3, -0.25) is 9.59 Å². The molecule has 1 aromatic rings. The number of thioether (sulfide) groups is 2. The van der Waals surface area contributed by atoms with Crippen LogP contribution >= 0.6 is 23.5 Å². The molecule has 21 heavy (non-hydrogen) atoms. The first kappa shape index (κ1) is 17.8. The van der Waals surface area contributed by atoms with Gasteiger partial charge in [-0.1, -0.05) is 23.9 Å². The molecule has 1 aromatic carbocycles. The van der Waals surface area contributed by atoms with Crippen LogP contribution in [0.15, 0.2) is 29.2 Å². The van der Waals surface area contributed by atoms with Gasteiger partial charge in [-0.2, -0.15) is 8.78 Å². The third-order valence-corrected chi connectivity index (χ3v) is 4.13. The summed E-state index contributed by atoms with van der Waals surface area (Å²) in [4.78, 5) is 24.4. The Balaban J connectivity index is 2.44. The lowest BCUT2D eigenvalue weighted by Gasteiger charge is -2.17. The van der Waals surface area contributed by atoms with E-state index < -0.39 is 11.7 Å². The molecule has 0 saturated heterocycles. The lowest BCUT2D eigenvalue weighted by molar-refractivity contribution is -0.127. The second kappa shape index (κ2) is 8.89. The molecule has 0 atom stereocenters. The first-order valence-corrected chi connectivity index (χ1v) is 8.05. The van der Waals surface area contributed by atoms with E-state index in [9.17, 15) is 18.4 Å². The maximum atomic E-state index is 12.2. The van der Waals surface area contributed by atoms with Gasteiger partial charge in [-0.15, -0.1) is 11.8 Å². The largest absolute Gasteiger partial charge is 0.369 e. The zero-order valence-electron chi connectivity index (χ0n) is 11.4. The van der Waals surface area contributed by atoms with Crippen LogP contribution in [0, 0.1) is 0 Å². The Bertz CT molecular complexity index is 484. The van der Waals surface area contributed by atoms with Crippen molar-refractivity contribution in [3.05, 3.63) is 29.8 Å². The van der Waals surface area contributed by atoms with Crippen LogP contribution < -0.4 is 5.73 Å². The van der Waals surface area contributed by atoms with Gasteiger partial charge < -0.3 is 10.6 Å². The van der Waals surface area contributed by atoms with Crippen LogP contribution in [0.2, 0.25) is 0 Å². The molecule has 1 rings (SSSR count). The lowest BCUT2D eigenvalue weighted by Crippen LogP contribution is -2.28. The molecule has 0 fully saturated rings. The summed E-state index contributed by atoms with van der Waals surface area (Å²) in [6.07, 6.45) is 0. The predicted octanol–water partition coefficient (Wildman–Crippen LogP) is 2.18. The van der Waals surface area contributed by atoms with E-state index in [1.54, 1.807) is 31.3 Å². The van der Waals surface area contributed by atoms with Gasteiger partial charge in [-0.25, -0.2) is 0 Å².